The summed E-state index contributed by atoms with van der Waals surface area (Å²) >= 11 is 0. The fraction of sp³-hybridized carbons (Fsp3) is 0.231. The predicted octanol–water partition coefficient (Wildman–Crippen LogP) is 1.93. The highest BCUT2D eigenvalue weighted by Gasteiger charge is 2.07. The highest BCUT2D eigenvalue weighted by molar-refractivity contribution is 5.91. The second-order valence-corrected chi connectivity index (χ2v) is 4.12. The molecule has 0 aliphatic rings. The molecule has 2 N–H and O–H groups in total. The molecule has 104 valence electrons. The van der Waals surface area contributed by atoms with Crippen molar-refractivity contribution in [2.45, 2.75) is 19.3 Å². The van der Waals surface area contributed by atoms with E-state index in [1.54, 1.807) is 24.3 Å². The van der Waals surface area contributed by atoms with Gasteiger partial charge in [0.1, 0.15) is 0 Å². The highest BCUT2D eigenvalue weighted by atomic mass is 16.4. The quantitative estimate of drug-likeness (QED) is 0.834. The molecule has 0 fully saturated rings. The minimum atomic E-state index is -0.906. The summed E-state index contributed by atoms with van der Waals surface area (Å²) in [7, 11) is 0. The normalized spacial score (nSPS) is 10.2. The van der Waals surface area contributed by atoms with E-state index in [4.69, 9.17) is 9.52 Å². The van der Waals surface area contributed by atoms with Gasteiger partial charge < -0.3 is 14.8 Å². The molecule has 1 aromatic heterocycles. The Morgan fingerprint density at radius 2 is 2.15 bits per heavy atom. The van der Waals surface area contributed by atoms with Gasteiger partial charge >= 0.3 is 5.97 Å². The van der Waals surface area contributed by atoms with Crippen LogP contribution in [0.4, 0.5) is 5.69 Å². The Morgan fingerprint density at radius 1 is 1.30 bits per heavy atom. The number of carbonyl (C=O) groups is 2. The molecule has 2 rings (SSSR count). The number of hydrogen-bond acceptors (Lipinski definition) is 5. The largest absolute Gasteiger partial charge is 0.481 e. The van der Waals surface area contributed by atoms with Crippen LogP contribution in [-0.2, 0) is 9.59 Å². The predicted molar refractivity (Wildman–Crippen MR) is 69.9 cm³/mol. The molecule has 0 unspecified atom stereocenters. The standard InChI is InChI=1S/C13H13N3O4/c17-11(5-2-6-12(18)19)15-10-4-1-3-9(7-10)13-16-14-8-20-13/h1,3-4,7-8H,2,5-6H2,(H,15,17)(H,18,19). The first-order valence-electron chi connectivity index (χ1n) is 6.03. The van der Waals surface area contributed by atoms with Crippen LogP contribution in [0, 0.1) is 0 Å². The molecule has 0 aliphatic carbocycles. The summed E-state index contributed by atoms with van der Waals surface area (Å²) in [5, 5.41) is 18.6. The van der Waals surface area contributed by atoms with E-state index in [-0.39, 0.29) is 18.7 Å². The first-order chi connectivity index (χ1) is 9.65. The number of amides is 1. The zero-order valence-electron chi connectivity index (χ0n) is 10.6. The van der Waals surface area contributed by atoms with Crippen LogP contribution in [0.3, 0.4) is 0 Å². The molecule has 0 radical (unpaired) electrons. The van der Waals surface area contributed by atoms with Gasteiger partial charge in [0.25, 0.3) is 0 Å². The van der Waals surface area contributed by atoms with E-state index in [9.17, 15) is 9.59 Å². The molecule has 7 heteroatoms. The number of rotatable bonds is 6. The zero-order chi connectivity index (χ0) is 14.4. The van der Waals surface area contributed by atoms with Crippen molar-refractivity contribution in [1.82, 2.24) is 10.2 Å². The first kappa shape index (κ1) is 13.7. The summed E-state index contributed by atoms with van der Waals surface area (Å²) in [5.74, 6) is -0.767. The zero-order valence-corrected chi connectivity index (χ0v) is 10.6. The van der Waals surface area contributed by atoms with Gasteiger partial charge in [-0.25, -0.2) is 0 Å². The lowest BCUT2D eigenvalue weighted by atomic mass is 10.2. The average Bonchev–Trinajstić information content (AvgIpc) is 2.92. The van der Waals surface area contributed by atoms with Gasteiger partial charge in [0, 0.05) is 24.1 Å². The maximum Gasteiger partial charge on any atom is 0.303 e. The number of aromatic nitrogens is 2. The Labute approximate surface area is 114 Å². The number of benzene rings is 1. The van der Waals surface area contributed by atoms with Crippen LogP contribution in [0.15, 0.2) is 35.1 Å². The smallest absolute Gasteiger partial charge is 0.303 e. The first-order valence-corrected chi connectivity index (χ1v) is 6.03. The molecule has 2 aromatic rings. The number of nitrogens with one attached hydrogen (secondary N) is 1. The number of hydrogen-bond donors (Lipinski definition) is 2. The summed E-state index contributed by atoms with van der Waals surface area (Å²) in [6.07, 6.45) is 1.68. The number of nitrogens with zero attached hydrogens (tertiary/aromatic N) is 2. The molecule has 1 heterocycles. The molecule has 20 heavy (non-hydrogen) atoms. The molecule has 0 saturated heterocycles. The lowest BCUT2D eigenvalue weighted by Crippen LogP contribution is -2.11. The highest BCUT2D eigenvalue weighted by Crippen LogP contribution is 2.20. The summed E-state index contributed by atoms with van der Waals surface area (Å²) < 4.78 is 5.07. The topological polar surface area (TPSA) is 105 Å². The van der Waals surface area contributed by atoms with Gasteiger partial charge in [-0.3, -0.25) is 9.59 Å². The van der Waals surface area contributed by atoms with E-state index in [0.29, 0.717) is 23.6 Å². The van der Waals surface area contributed by atoms with E-state index >= 15 is 0 Å². The van der Waals surface area contributed by atoms with E-state index in [1.807, 2.05) is 0 Å². The SMILES string of the molecule is O=C(O)CCCC(=O)Nc1cccc(-c2nnco2)c1. The third kappa shape index (κ3) is 3.91. The van der Waals surface area contributed by atoms with Crippen LogP contribution >= 0.6 is 0 Å². The Bertz CT molecular complexity index is 595. The number of anilines is 1. The number of aliphatic carboxylic acids is 1. The van der Waals surface area contributed by atoms with E-state index in [2.05, 4.69) is 15.5 Å². The van der Waals surface area contributed by atoms with Crippen molar-refractivity contribution in [3.63, 3.8) is 0 Å². The molecule has 1 amide bonds. The van der Waals surface area contributed by atoms with Crippen molar-refractivity contribution < 1.29 is 19.1 Å². The second kappa shape index (κ2) is 6.46. The van der Waals surface area contributed by atoms with Crippen LogP contribution in [-0.4, -0.2) is 27.2 Å². The van der Waals surface area contributed by atoms with Crippen molar-refractivity contribution in [2.75, 3.05) is 5.32 Å². The third-order valence-corrected chi connectivity index (χ3v) is 2.55. The van der Waals surface area contributed by atoms with Crippen molar-refractivity contribution in [3.05, 3.63) is 30.7 Å². The molecule has 0 aliphatic heterocycles. The van der Waals surface area contributed by atoms with Crippen LogP contribution in [0.1, 0.15) is 19.3 Å². The molecule has 7 nitrogen and oxygen atoms in total. The van der Waals surface area contributed by atoms with Crippen LogP contribution in [0.25, 0.3) is 11.5 Å². The Hall–Kier alpha value is -2.70. The Balaban J connectivity index is 1.94. The molecular weight excluding hydrogens is 262 g/mol. The summed E-state index contributed by atoms with van der Waals surface area (Å²) in [4.78, 5) is 22.0. The van der Waals surface area contributed by atoms with Crippen LogP contribution in [0.5, 0.6) is 0 Å². The Morgan fingerprint density at radius 3 is 2.85 bits per heavy atom. The lowest BCUT2D eigenvalue weighted by molar-refractivity contribution is -0.137. The van der Waals surface area contributed by atoms with Gasteiger partial charge in [-0.2, -0.15) is 0 Å². The monoisotopic (exact) mass is 275 g/mol. The fourth-order valence-corrected chi connectivity index (χ4v) is 1.65. The minimum absolute atomic E-state index is 0.0184. The number of carboxylic acids is 1. The summed E-state index contributed by atoms with van der Waals surface area (Å²) in [6.45, 7) is 0. The molecule has 0 bridgehead atoms. The van der Waals surface area contributed by atoms with Crippen LogP contribution < -0.4 is 5.32 Å². The van der Waals surface area contributed by atoms with Gasteiger partial charge in [0.2, 0.25) is 18.2 Å². The lowest BCUT2D eigenvalue weighted by Gasteiger charge is -2.05. The minimum Gasteiger partial charge on any atom is -0.481 e. The van der Waals surface area contributed by atoms with Gasteiger partial charge in [-0.15, -0.1) is 10.2 Å². The molecule has 1 aromatic carbocycles. The van der Waals surface area contributed by atoms with Crippen molar-refractivity contribution in [1.29, 1.82) is 0 Å². The maximum atomic E-state index is 11.6. The fourth-order valence-electron chi connectivity index (χ4n) is 1.65. The second-order valence-electron chi connectivity index (χ2n) is 4.12. The molecular formula is C13H13N3O4. The summed E-state index contributed by atoms with van der Waals surface area (Å²) in [5.41, 5.74) is 1.30. The molecule has 0 saturated carbocycles. The van der Waals surface area contributed by atoms with E-state index in [1.165, 1.54) is 6.39 Å². The van der Waals surface area contributed by atoms with Gasteiger partial charge in [0.05, 0.1) is 0 Å². The van der Waals surface area contributed by atoms with E-state index < -0.39 is 5.97 Å². The van der Waals surface area contributed by atoms with Crippen molar-refractivity contribution in [2.24, 2.45) is 0 Å². The van der Waals surface area contributed by atoms with Gasteiger partial charge in [-0.05, 0) is 24.6 Å². The third-order valence-electron chi connectivity index (χ3n) is 2.55. The molecule has 0 atom stereocenters. The van der Waals surface area contributed by atoms with E-state index in [0.717, 1.165) is 0 Å². The average molecular weight is 275 g/mol. The number of carboxylic acid groups (broad SMARTS) is 1. The molecule has 0 spiro atoms. The number of carbonyl (C=O) groups excluding carboxylic acids is 1. The Kier molecular flexibility index (Phi) is 4.43. The van der Waals surface area contributed by atoms with Crippen molar-refractivity contribution in [3.8, 4) is 11.5 Å². The van der Waals surface area contributed by atoms with Crippen LogP contribution in [0.2, 0.25) is 0 Å². The summed E-state index contributed by atoms with van der Waals surface area (Å²) in [6, 6.07) is 6.98. The van der Waals surface area contributed by atoms with Crippen molar-refractivity contribution >= 4 is 17.6 Å². The van der Waals surface area contributed by atoms with Gasteiger partial charge in [-0.1, -0.05) is 6.07 Å². The maximum absolute atomic E-state index is 11.6. The van der Waals surface area contributed by atoms with Gasteiger partial charge in [0.15, 0.2) is 0 Å².